The molecule has 0 radical (unpaired) electrons. The molecule has 0 spiro atoms. The molecule has 1 aliphatic heterocycles. The van der Waals surface area contributed by atoms with Crippen LogP contribution < -0.4 is 0 Å². The Kier molecular flexibility index (Phi) is 2.84. The van der Waals surface area contributed by atoms with Crippen molar-refractivity contribution in [2.75, 3.05) is 13.2 Å². The van der Waals surface area contributed by atoms with Crippen molar-refractivity contribution in [1.82, 2.24) is 0 Å². The van der Waals surface area contributed by atoms with E-state index < -0.39 is 5.60 Å². The van der Waals surface area contributed by atoms with Crippen LogP contribution in [0.5, 0.6) is 0 Å². The van der Waals surface area contributed by atoms with E-state index in [1.165, 1.54) is 12.8 Å². The lowest BCUT2D eigenvalue weighted by molar-refractivity contribution is -0.468. The third-order valence-electron chi connectivity index (χ3n) is 4.77. The second-order valence-electron chi connectivity index (χ2n) is 5.67. The van der Waals surface area contributed by atoms with Crippen LogP contribution in [0.4, 0.5) is 0 Å². The summed E-state index contributed by atoms with van der Waals surface area (Å²) in [6.07, 6.45) is 3.43. The summed E-state index contributed by atoms with van der Waals surface area (Å²) in [5.74, 6) is 0.957. The van der Waals surface area contributed by atoms with Gasteiger partial charge in [0.15, 0.2) is 5.60 Å². The van der Waals surface area contributed by atoms with Gasteiger partial charge in [0.05, 0.1) is 0 Å². The Labute approximate surface area is 112 Å². The van der Waals surface area contributed by atoms with Crippen LogP contribution in [-0.2, 0) is 25.2 Å². The average Bonchev–Trinajstić information content (AvgIpc) is 2.99. The normalized spacial score (nSPS) is 41.6. The van der Waals surface area contributed by atoms with Gasteiger partial charge >= 0.3 is 0 Å². The van der Waals surface area contributed by atoms with Crippen molar-refractivity contribution in [3.05, 3.63) is 35.9 Å². The van der Waals surface area contributed by atoms with Crippen LogP contribution in [-0.4, -0.2) is 19.3 Å². The molecule has 1 heterocycles. The molecule has 4 atom stereocenters. The van der Waals surface area contributed by atoms with Crippen LogP contribution in [0.15, 0.2) is 30.3 Å². The molecular weight excluding hydrogens is 244 g/mol. The minimum absolute atomic E-state index is 0.0612. The molecule has 19 heavy (non-hydrogen) atoms. The minimum atomic E-state index is -0.495. The van der Waals surface area contributed by atoms with E-state index in [-0.39, 0.29) is 6.10 Å². The third kappa shape index (κ3) is 1.68. The summed E-state index contributed by atoms with van der Waals surface area (Å²) in [5.41, 5.74) is 0.641. The zero-order valence-corrected chi connectivity index (χ0v) is 10.8. The first-order valence-corrected chi connectivity index (χ1v) is 7.05. The predicted octanol–water partition coefficient (Wildman–Crippen LogP) is 2.59. The van der Waals surface area contributed by atoms with Crippen molar-refractivity contribution >= 4 is 0 Å². The molecule has 3 unspecified atom stereocenters. The largest absolute Gasteiger partial charge is 0.234 e. The lowest BCUT2D eigenvalue weighted by Gasteiger charge is -2.42. The van der Waals surface area contributed by atoms with Crippen molar-refractivity contribution in [3.8, 4) is 0 Å². The first-order valence-electron chi connectivity index (χ1n) is 7.05. The summed E-state index contributed by atoms with van der Waals surface area (Å²) >= 11 is 0. The highest BCUT2D eigenvalue weighted by Gasteiger charge is 2.63. The minimum Gasteiger partial charge on any atom is -0.234 e. The summed E-state index contributed by atoms with van der Waals surface area (Å²) in [4.78, 5) is 22.3. The van der Waals surface area contributed by atoms with Crippen LogP contribution in [0.3, 0.4) is 0 Å². The van der Waals surface area contributed by atoms with Gasteiger partial charge in [0.2, 0.25) is 0 Å². The highest BCUT2D eigenvalue weighted by Crippen LogP contribution is 2.59. The maximum absolute atomic E-state index is 5.91. The zero-order valence-electron chi connectivity index (χ0n) is 10.8. The highest BCUT2D eigenvalue weighted by molar-refractivity contribution is 5.29. The van der Waals surface area contributed by atoms with Crippen molar-refractivity contribution in [3.63, 3.8) is 0 Å². The average molecular weight is 262 g/mol. The Morgan fingerprint density at radius 2 is 1.84 bits per heavy atom. The first kappa shape index (κ1) is 11.9. The summed E-state index contributed by atoms with van der Waals surface area (Å²) in [7, 11) is 0. The van der Waals surface area contributed by atoms with Crippen LogP contribution in [0, 0.1) is 11.8 Å². The number of hydrogen-bond donors (Lipinski definition) is 0. The number of benzene rings is 1. The first-order chi connectivity index (χ1) is 9.41. The molecule has 2 bridgehead atoms. The summed E-state index contributed by atoms with van der Waals surface area (Å²) in [6, 6.07) is 10.3. The molecule has 4 heteroatoms. The standard InChI is InChI=1S/C15H18O4/c1-2-4-12(5-3-1)15-13-7-6-11(10-13)14(15)18-16-8-9-17-19-15/h1-5,11,13-14H,6-10H2/t11?,13?,14?,15-/m0/s1. The Bertz CT molecular complexity index is 449. The monoisotopic (exact) mass is 262 g/mol. The van der Waals surface area contributed by atoms with Gasteiger partial charge in [0.25, 0.3) is 0 Å². The molecule has 1 aromatic rings. The van der Waals surface area contributed by atoms with Crippen molar-refractivity contribution < 1.29 is 19.6 Å². The molecule has 3 fully saturated rings. The number of hydrogen-bond acceptors (Lipinski definition) is 4. The molecule has 3 aliphatic rings. The second kappa shape index (κ2) is 4.56. The molecular formula is C15H18O4. The zero-order chi connectivity index (χ0) is 12.7. The Balaban J connectivity index is 1.79. The van der Waals surface area contributed by atoms with Gasteiger partial charge in [-0.15, -0.1) is 0 Å². The fourth-order valence-corrected chi connectivity index (χ4v) is 4.00. The number of rotatable bonds is 1. The van der Waals surface area contributed by atoms with Gasteiger partial charge in [0, 0.05) is 0 Å². The van der Waals surface area contributed by atoms with Crippen LogP contribution in [0.1, 0.15) is 24.8 Å². The van der Waals surface area contributed by atoms with Gasteiger partial charge in [-0.3, -0.25) is 0 Å². The van der Waals surface area contributed by atoms with E-state index in [9.17, 15) is 0 Å². The van der Waals surface area contributed by atoms with Crippen LogP contribution >= 0.6 is 0 Å². The van der Waals surface area contributed by atoms with E-state index in [1.54, 1.807) is 0 Å². The van der Waals surface area contributed by atoms with Gasteiger partial charge in [-0.2, -0.15) is 0 Å². The third-order valence-corrected chi connectivity index (χ3v) is 4.77. The van der Waals surface area contributed by atoms with Crippen molar-refractivity contribution in [2.45, 2.75) is 31.0 Å². The summed E-state index contributed by atoms with van der Waals surface area (Å²) in [6.45, 7) is 0.817. The van der Waals surface area contributed by atoms with E-state index in [4.69, 9.17) is 19.6 Å². The molecule has 0 N–H and O–H groups in total. The quantitative estimate of drug-likeness (QED) is 0.729. The van der Waals surface area contributed by atoms with Gasteiger partial charge in [-0.05, 0) is 36.7 Å². The van der Waals surface area contributed by atoms with E-state index in [0.29, 0.717) is 25.0 Å². The van der Waals surface area contributed by atoms with Crippen LogP contribution in [0.25, 0.3) is 0 Å². The Morgan fingerprint density at radius 1 is 1.00 bits per heavy atom. The van der Waals surface area contributed by atoms with E-state index in [2.05, 4.69) is 12.1 Å². The van der Waals surface area contributed by atoms with Gasteiger partial charge in [0.1, 0.15) is 19.3 Å². The molecule has 4 rings (SSSR count). The number of fused-ring (bicyclic) bond motifs is 5. The lowest BCUT2D eigenvalue weighted by Crippen LogP contribution is -2.49. The van der Waals surface area contributed by atoms with Gasteiger partial charge < -0.3 is 0 Å². The van der Waals surface area contributed by atoms with E-state index in [1.807, 2.05) is 18.2 Å². The van der Waals surface area contributed by atoms with Gasteiger partial charge in [-0.25, -0.2) is 19.6 Å². The fourth-order valence-electron chi connectivity index (χ4n) is 4.00. The summed E-state index contributed by atoms with van der Waals surface area (Å²) < 4.78 is 0. The lowest BCUT2D eigenvalue weighted by atomic mass is 9.77. The van der Waals surface area contributed by atoms with Crippen molar-refractivity contribution in [2.24, 2.45) is 11.8 Å². The van der Waals surface area contributed by atoms with Gasteiger partial charge in [-0.1, -0.05) is 30.3 Å². The molecule has 2 aliphatic carbocycles. The van der Waals surface area contributed by atoms with Crippen LogP contribution in [0.2, 0.25) is 0 Å². The second-order valence-corrected chi connectivity index (χ2v) is 5.67. The molecule has 0 amide bonds. The molecule has 4 nitrogen and oxygen atoms in total. The Morgan fingerprint density at radius 3 is 2.74 bits per heavy atom. The van der Waals surface area contributed by atoms with Crippen molar-refractivity contribution in [1.29, 1.82) is 0 Å². The maximum atomic E-state index is 5.91. The highest BCUT2D eigenvalue weighted by atomic mass is 17.2. The molecule has 102 valence electrons. The predicted molar refractivity (Wildman–Crippen MR) is 66.8 cm³/mol. The molecule has 1 aromatic carbocycles. The Hall–Kier alpha value is -0.940. The fraction of sp³-hybridized carbons (Fsp3) is 0.600. The molecule has 2 saturated carbocycles. The van der Waals surface area contributed by atoms with E-state index >= 15 is 0 Å². The maximum Gasteiger partial charge on any atom is 0.161 e. The topological polar surface area (TPSA) is 36.9 Å². The molecule has 0 aromatic heterocycles. The molecule has 1 saturated heterocycles. The SMILES string of the molecule is c1ccc([C@@]23OOCCOOC2C2CCC3C2)cc1. The summed E-state index contributed by atoms with van der Waals surface area (Å²) in [5, 5.41) is 0. The van der Waals surface area contributed by atoms with E-state index in [0.717, 1.165) is 12.0 Å². The smallest absolute Gasteiger partial charge is 0.161 e.